The summed E-state index contributed by atoms with van der Waals surface area (Å²) < 4.78 is 23.1. The first-order chi connectivity index (χ1) is 8.94. The maximum atomic E-state index is 11.9. The number of para-hydroxylation sites is 1. The van der Waals surface area contributed by atoms with E-state index >= 15 is 0 Å². The number of halogens is 1. The van der Waals surface area contributed by atoms with Gasteiger partial charge in [0.15, 0.2) is 9.84 Å². The number of aliphatic hydroxyl groups excluding tert-OH is 1. The van der Waals surface area contributed by atoms with Crippen molar-refractivity contribution in [2.24, 2.45) is 0 Å². The Morgan fingerprint density at radius 3 is 2.42 bits per heavy atom. The Morgan fingerprint density at radius 1 is 1.32 bits per heavy atom. The summed E-state index contributed by atoms with van der Waals surface area (Å²) in [7, 11) is -3.33. The Labute approximate surface area is 116 Å². The summed E-state index contributed by atoms with van der Waals surface area (Å²) in [6, 6.07) is 7.84. The first-order valence-electron chi connectivity index (χ1n) is 5.76. The van der Waals surface area contributed by atoms with Gasteiger partial charge in [-0.15, -0.1) is 11.6 Å². The van der Waals surface area contributed by atoms with Gasteiger partial charge in [0.05, 0.1) is 23.7 Å². The number of amides is 1. The summed E-state index contributed by atoms with van der Waals surface area (Å²) in [5.74, 6) is -1.26. The minimum absolute atomic E-state index is 0.244. The SMILES string of the molecule is O=C(CCl)N(c1ccccc1)C1CS(=O)(=O)C[C@H]1O. The number of hydrogen-bond acceptors (Lipinski definition) is 4. The second-order valence-corrected chi connectivity index (χ2v) is 6.87. The maximum Gasteiger partial charge on any atom is 0.242 e. The number of nitrogens with zero attached hydrogens (tertiary/aromatic N) is 1. The van der Waals surface area contributed by atoms with E-state index in [1.807, 2.05) is 0 Å². The molecule has 2 rings (SSSR count). The van der Waals surface area contributed by atoms with Crippen LogP contribution in [0.1, 0.15) is 0 Å². The molecule has 0 aromatic heterocycles. The number of anilines is 1. The smallest absolute Gasteiger partial charge is 0.242 e. The molecule has 2 atom stereocenters. The van der Waals surface area contributed by atoms with E-state index in [-0.39, 0.29) is 17.4 Å². The molecular formula is C12H14ClNO4S. The van der Waals surface area contributed by atoms with Gasteiger partial charge in [-0.25, -0.2) is 8.42 Å². The molecular weight excluding hydrogens is 290 g/mol. The summed E-state index contributed by atoms with van der Waals surface area (Å²) in [6.45, 7) is 0. The number of aliphatic hydroxyl groups is 1. The number of carbonyl (C=O) groups is 1. The Hall–Kier alpha value is -1.11. The first-order valence-corrected chi connectivity index (χ1v) is 8.12. The maximum absolute atomic E-state index is 11.9. The van der Waals surface area contributed by atoms with E-state index in [4.69, 9.17) is 11.6 Å². The molecule has 0 bridgehead atoms. The monoisotopic (exact) mass is 303 g/mol. The zero-order valence-corrected chi connectivity index (χ0v) is 11.6. The third kappa shape index (κ3) is 3.08. The third-order valence-corrected chi connectivity index (χ3v) is 4.97. The molecule has 0 aliphatic carbocycles. The molecule has 0 saturated carbocycles. The molecule has 1 aliphatic heterocycles. The molecule has 1 fully saturated rings. The number of benzene rings is 1. The van der Waals surface area contributed by atoms with Crippen LogP contribution in [-0.2, 0) is 14.6 Å². The van der Waals surface area contributed by atoms with Gasteiger partial charge in [0.2, 0.25) is 5.91 Å². The van der Waals surface area contributed by atoms with Gasteiger partial charge in [0.25, 0.3) is 0 Å². The number of hydrogen-bond donors (Lipinski definition) is 1. The third-order valence-electron chi connectivity index (χ3n) is 3.04. The van der Waals surface area contributed by atoms with Crippen LogP contribution in [0, 0.1) is 0 Å². The van der Waals surface area contributed by atoms with Crippen molar-refractivity contribution < 1.29 is 18.3 Å². The van der Waals surface area contributed by atoms with Crippen LogP contribution in [0.5, 0.6) is 0 Å². The van der Waals surface area contributed by atoms with Crippen molar-refractivity contribution in [1.82, 2.24) is 0 Å². The second kappa shape index (κ2) is 5.48. The molecule has 19 heavy (non-hydrogen) atoms. The van der Waals surface area contributed by atoms with Gasteiger partial charge < -0.3 is 10.0 Å². The average Bonchev–Trinajstić information content (AvgIpc) is 2.64. The van der Waals surface area contributed by atoms with Crippen LogP contribution in [0.25, 0.3) is 0 Å². The van der Waals surface area contributed by atoms with E-state index in [2.05, 4.69) is 0 Å². The fourth-order valence-corrected chi connectivity index (χ4v) is 4.13. The van der Waals surface area contributed by atoms with Crippen molar-refractivity contribution >= 4 is 33.0 Å². The number of alkyl halides is 1. The number of carbonyl (C=O) groups excluding carboxylic acids is 1. The molecule has 1 amide bonds. The molecule has 1 aliphatic rings. The van der Waals surface area contributed by atoms with Gasteiger partial charge in [0.1, 0.15) is 5.88 Å². The van der Waals surface area contributed by atoms with Crippen molar-refractivity contribution in [2.45, 2.75) is 12.1 Å². The Bertz CT molecular complexity index is 560. The highest BCUT2D eigenvalue weighted by Crippen LogP contribution is 2.25. The van der Waals surface area contributed by atoms with Crippen molar-refractivity contribution in [3.8, 4) is 0 Å². The summed E-state index contributed by atoms with van der Waals surface area (Å²) in [5.41, 5.74) is 0.536. The molecule has 1 heterocycles. The zero-order valence-electron chi connectivity index (χ0n) is 10.1. The molecule has 1 unspecified atom stereocenters. The molecule has 1 saturated heterocycles. The predicted octanol–water partition coefficient (Wildman–Crippen LogP) is 0.416. The summed E-state index contributed by atoms with van der Waals surface area (Å²) >= 11 is 5.57. The zero-order chi connectivity index (χ0) is 14.0. The van der Waals surface area contributed by atoms with Gasteiger partial charge in [-0.3, -0.25) is 4.79 Å². The highest BCUT2D eigenvalue weighted by Gasteiger charge is 2.42. The Balaban J connectivity index is 2.37. The highest BCUT2D eigenvalue weighted by atomic mass is 35.5. The van der Waals surface area contributed by atoms with Crippen LogP contribution < -0.4 is 4.90 Å². The minimum atomic E-state index is -3.33. The van der Waals surface area contributed by atoms with Crippen LogP contribution in [0.4, 0.5) is 5.69 Å². The highest BCUT2D eigenvalue weighted by molar-refractivity contribution is 7.91. The lowest BCUT2D eigenvalue weighted by molar-refractivity contribution is -0.117. The molecule has 1 aromatic rings. The van der Waals surface area contributed by atoms with Crippen molar-refractivity contribution in [3.63, 3.8) is 0 Å². The average molecular weight is 304 g/mol. The molecule has 0 spiro atoms. The largest absolute Gasteiger partial charge is 0.390 e. The van der Waals surface area contributed by atoms with Gasteiger partial charge in [0, 0.05) is 5.69 Å². The quantitative estimate of drug-likeness (QED) is 0.821. The molecule has 1 N–H and O–H groups in total. The lowest BCUT2D eigenvalue weighted by Gasteiger charge is -2.29. The van der Waals surface area contributed by atoms with Crippen molar-refractivity contribution in [1.29, 1.82) is 0 Å². The van der Waals surface area contributed by atoms with Crippen LogP contribution in [0.3, 0.4) is 0 Å². The van der Waals surface area contributed by atoms with E-state index in [1.54, 1.807) is 30.3 Å². The van der Waals surface area contributed by atoms with Gasteiger partial charge >= 0.3 is 0 Å². The van der Waals surface area contributed by atoms with Crippen LogP contribution in [-0.4, -0.2) is 49.0 Å². The van der Waals surface area contributed by atoms with Crippen LogP contribution >= 0.6 is 11.6 Å². The Morgan fingerprint density at radius 2 is 1.95 bits per heavy atom. The van der Waals surface area contributed by atoms with Gasteiger partial charge in [-0.2, -0.15) is 0 Å². The summed E-state index contributed by atoms with van der Waals surface area (Å²) in [6.07, 6.45) is -1.09. The second-order valence-electron chi connectivity index (χ2n) is 4.44. The molecule has 1 aromatic carbocycles. The fourth-order valence-electron chi connectivity index (χ4n) is 2.23. The van der Waals surface area contributed by atoms with E-state index in [1.165, 1.54) is 4.90 Å². The van der Waals surface area contributed by atoms with E-state index in [0.717, 1.165) is 0 Å². The molecule has 0 radical (unpaired) electrons. The lowest BCUT2D eigenvalue weighted by atomic mass is 10.1. The van der Waals surface area contributed by atoms with Gasteiger partial charge in [-0.1, -0.05) is 18.2 Å². The normalized spacial score (nSPS) is 25.2. The van der Waals surface area contributed by atoms with E-state index in [0.29, 0.717) is 5.69 Å². The predicted molar refractivity (Wildman–Crippen MR) is 73.1 cm³/mol. The molecule has 104 valence electrons. The first kappa shape index (κ1) is 14.3. The van der Waals surface area contributed by atoms with Crippen molar-refractivity contribution in [3.05, 3.63) is 30.3 Å². The van der Waals surface area contributed by atoms with E-state index < -0.39 is 27.9 Å². The van der Waals surface area contributed by atoms with E-state index in [9.17, 15) is 18.3 Å². The summed E-state index contributed by atoms with van der Waals surface area (Å²) in [4.78, 5) is 13.2. The molecule has 7 heteroatoms. The topological polar surface area (TPSA) is 74.7 Å². The Kier molecular flexibility index (Phi) is 4.13. The number of sulfone groups is 1. The van der Waals surface area contributed by atoms with Crippen LogP contribution in [0.2, 0.25) is 0 Å². The standard InChI is InChI=1S/C12H14ClNO4S/c13-6-12(16)14(9-4-2-1-3-5-9)10-7-19(17,18)8-11(10)15/h1-5,10-11,15H,6-8H2/t10?,11-/m1/s1. The number of rotatable bonds is 3. The van der Waals surface area contributed by atoms with Crippen molar-refractivity contribution in [2.75, 3.05) is 22.3 Å². The molecule has 5 nitrogen and oxygen atoms in total. The van der Waals surface area contributed by atoms with Crippen LogP contribution in [0.15, 0.2) is 30.3 Å². The minimum Gasteiger partial charge on any atom is -0.390 e. The lowest BCUT2D eigenvalue weighted by Crippen LogP contribution is -2.47. The fraction of sp³-hybridized carbons (Fsp3) is 0.417. The summed E-state index contributed by atoms with van der Waals surface area (Å²) in [5, 5.41) is 9.88. The van der Waals surface area contributed by atoms with Gasteiger partial charge in [-0.05, 0) is 12.1 Å².